The van der Waals surface area contributed by atoms with Crippen LogP contribution in [-0.2, 0) is 10.9 Å². The van der Waals surface area contributed by atoms with Gasteiger partial charge in [0, 0.05) is 0 Å². The van der Waals surface area contributed by atoms with Gasteiger partial charge in [0.15, 0.2) is 0 Å². The summed E-state index contributed by atoms with van der Waals surface area (Å²) in [5.41, 5.74) is 1.84. The van der Waals surface area contributed by atoms with Crippen molar-refractivity contribution in [2.45, 2.75) is 6.16 Å². The summed E-state index contributed by atoms with van der Waals surface area (Å²) < 4.78 is 4.67. The van der Waals surface area contributed by atoms with Crippen molar-refractivity contribution in [1.82, 2.24) is 0 Å². The molecule has 0 spiro atoms. The number of ether oxygens (including phenoxy) is 1. The Morgan fingerprint density at radius 1 is 1.06 bits per heavy atom. The number of methoxy groups -OCH3 is 1. The van der Waals surface area contributed by atoms with Gasteiger partial charge in [0.25, 0.3) is 0 Å². The van der Waals surface area contributed by atoms with E-state index < -0.39 is 0 Å². The minimum atomic E-state index is -0.285. The van der Waals surface area contributed by atoms with E-state index in [1.165, 1.54) is 18.0 Å². The van der Waals surface area contributed by atoms with Crippen LogP contribution in [0, 0.1) is 0 Å². The Balaban J connectivity index is 1.97. The van der Waals surface area contributed by atoms with Crippen molar-refractivity contribution in [1.29, 1.82) is 0 Å². The summed E-state index contributed by atoms with van der Waals surface area (Å²) in [4.78, 5) is 11.3. The Bertz CT molecular complexity index is 506. The second-order valence-electron chi connectivity index (χ2n) is 3.91. The van der Waals surface area contributed by atoms with Crippen LogP contribution in [-0.4, -0.2) is 13.1 Å². The third-order valence-corrected chi connectivity index (χ3v) is 3.97. The molecule has 2 nitrogen and oxygen atoms in total. The third-order valence-electron chi connectivity index (χ3n) is 2.65. The van der Waals surface area contributed by atoms with Crippen molar-refractivity contribution >= 4 is 19.9 Å². The van der Waals surface area contributed by atoms with E-state index in [1.807, 2.05) is 30.3 Å². The van der Waals surface area contributed by atoms with E-state index in [0.29, 0.717) is 5.56 Å². The number of rotatable bonds is 4. The quantitative estimate of drug-likeness (QED) is 0.622. The average molecular weight is 258 g/mol. The molecule has 0 aliphatic heterocycles. The van der Waals surface area contributed by atoms with E-state index in [-0.39, 0.29) is 5.97 Å². The molecule has 0 saturated heterocycles. The van der Waals surface area contributed by atoms with E-state index in [2.05, 4.69) is 29.0 Å². The fourth-order valence-corrected chi connectivity index (χ4v) is 2.71. The average Bonchev–Trinajstić information content (AvgIpc) is 2.46. The smallest absolute Gasteiger partial charge is 0.337 e. The van der Waals surface area contributed by atoms with Gasteiger partial charge in [-0.3, -0.25) is 0 Å². The number of carbonyl (C=O) groups is 1. The molecule has 0 aliphatic rings. The van der Waals surface area contributed by atoms with E-state index in [9.17, 15) is 4.79 Å². The SMILES string of the molecule is COC(=O)c1ccc(CPc2ccccc2)cc1. The second-order valence-corrected chi connectivity index (χ2v) is 5.19. The highest BCUT2D eigenvalue weighted by molar-refractivity contribution is 7.46. The van der Waals surface area contributed by atoms with Crippen LogP contribution in [0.15, 0.2) is 54.6 Å². The van der Waals surface area contributed by atoms with E-state index in [0.717, 1.165) is 14.7 Å². The van der Waals surface area contributed by atoms with Crippen LogP contribution in [0.4, 0.5) is 0 Å². The number of hydrogen-bond donors (Lipinski definition) is 0. The van der Waals surface area contributed by atoms with Gasteiger partial charge >= 0.3 is 5.97 Å². The minimum Gasteiger partial charge on any atom is -0.465 e. The highest BCUT2D eigenvalue weighted by Crippen LogP contribution is 2.18. The number of esters is 1. The molecular formula is C15H15O2P. The predicted octanol–water partition coefficient (Wildman–Crippen LogP) is 2.98. The van der Waals surface area contributed by atoms with Gasteiger partial charge in [-0.2, -0.15) is 0 Å². The zero-order chi connectivity index (χ0) is 12.8. The van der Waals surface area contributed by atoms with Crippen LogP contribution < -0.4 is 5.30 Å². The molecule has 2 aromatic rings. The number of carbonyl (C=O) groups excluding carboxylic acids is 1. The predicted molar refractivity (Wildman–Crippen MR) is 75.9 cm³/mol. The molecule has 2 aromatic carbocycles. The molecule has 0 bridgehead atoms. The Morgan fingerprint density at radius 2 is 1.72 bits per heavy atom. The Labute approximate surface area is 109 Å². The molecule has 0 aromatic heterocycles. The summed E-state index contributed by atoms with van der Waals surface area (Å²) >= 11 is 0. The molecule has 0 heterocycles. The summed E-state index contributed by atoms with van der Waals surface area (Å²) in [5.74, 6) is -0.285. The Hall–Kier alpha value is -1.66. The summed E-state index contributed by atoms with van der Waals surface area (Å²) in [6, 6.07) is 18.0. The standard InChI is InChI=1S/C15H15O2P/c1-17-15(16)13-9-7-12(8-10-13)11-18-14-5-3-2-4-6-14/h2-10,18H,11H2,1H3. The first-order chi connectivity index (χ1) is 8.79. The van der Waals surface area contributed by atoms with Gasteiger partial charge in [-0.15, -0.1) is 0 Å². The highest BCUT2D eigenvalue weighted by atomic mass is 31.1. The van der Waals surface area contributed by atoms with Crippen LogP contribution in [0.5, 0.6) is 0 Å². The lowest BCUT2D eigenvalue weighted by Gasteiger charge is -2.04. The van der Waals surface area contributed by atoms with Crippen molar-refractivity contribution in [2.24, 2.45) is 0 Å². The lowest BCUT2D eigenvalue weighted by molar-refractivity contribution is 0.0601. The summed E-state index contributed by atoms with van der Waals surface area (Å²) in [6.45, 7) is 0. The zero-order valence-electron chi connectivity index (χ0n) is 10.2. The minimum absolute atomic E-state index is 0.285. The molecule has 0 aliphatic carbocycles. The summed E-state index contributed by atoms with van der Waals surface area (Å²) in [5, 5.41) is 1.36. The fourth-order valence-electron chi connectivity index (χ4n) is 1.64. The molecule has 3 heteroatoms. The normalized spacial score (nSPS) is 10.7. The molecule has 0 fully saturated rings. The lowest BCUT2D eigenvalue weighted by Crippen LogP contribution is -2.00. The molecule has 0 amide bonds. The Morgan fingerprint density at radius 3 is 2.33 bits per heavy atom. The maximum atomic E-state index is 11.3. The van der Waals surface area contributed by atoms with Gasteiger partial charge in [-0.05, 0) is 29.2 Å². The molecular weight excluding hydrogens is 243 g/mol. The molecule has 1 unspecified atom stereocenters. The third kappa shape index (κ3) is 3.41. The van der Waals surface area contributed by atoms with Crippen molar-refractivity contribution < 1.29 is 9.53 Å². The number of benzene rings is 2. The summed E-state index contributed by atoms with van der Waals surface area (Å²) in [6.07, 6.45) is 1.01. The van der Waals surface area contributed by atoms with E-state index in [4.69, 9.17) is 0 Å². The van der Waals surface area contributed by atoms with Crippen LogP contribution in [0.3, 0.4) is 0 Å². The summed E-state index contributed by atoms with van der Waals surface area (Å²) in [7, 11) is 2.15. The molecule has 0 radical (unpaired) electrons. The van der Waals surface area contributed by atoms with Gasteiger partial charge in [-0.25, -0.2) is 4.79 Å². The number of hydrogen-bond acceptors (Lipinski definition) is 2. The van der Waals surface area contributed by atoms with Crippen LogP contribution in [0.25, 0.3) is 0 Å². The van der Waals surface area contributed by atoms with Gasteiger partial charge in [0.2, 0.25) is 0 Å². The van der Waals surface area contributed by atoms with Crippen LogP contribution >= 0.6 is 8.58 Å². The van der Waals surface area contributed by atoms with E-state index >= 15 is 0 Å². The largest absolute Gasteiger partial charge is 0.465 e. The fraction of sp³-hybridized carbons (Fsp3) is 0.133. The molecule has 18 heavy (non-hydrogen) atoms. The van der Waals surface area contributed by atoms with Gasteiger partial charge in [0.05, 0.1) is 12.7 Å². The molecule has 0 N–H and O–H groups in total. The van der Waals surface area contributed by atoms with Crippen molar-refractivity contribution in [3.8, 4) is 0 Å². The highest BCUT2D eigenvalue weighted by Gasteiger charge is 2.04. The first-order valence-corrected chi connectivity index (χ1v) is 6.96. The molecule has 0 saturated carbocycles. The van der Waals surface area contributed by atoms with Crippen molar-refractivity contribution in [2.75, 3.05) is 7.11 Å². The zero-order valence-corrected chi connectivity index (χ0v) is 11.2. The topological polar surface area (TPSA) is 26.3 Å². The van der Waals surface area contributed by atoms with Crippen LogP contribution in [0.2, 0.25) is 0 Å². The lowest BCUT2D eigenvalue weighted by atomic mass is 10.1. The second kappa shape index (κ2) is 6.32. The Kier molecular flexibility index (Phi) is 4.49. The van der Waals surface area contributed by atoms with Crippen molar-refractivity contribution in [3.05, 3.63) is 65.7 Å². The molecule has 92 valence electrons. The van der Waals surface area contributed by atoms with Gasteiger partial charge < -0.3 is 4.74 Å². The molecule has 2 rings (SSSR count). The first-order valence-electron chi connectivity index (χ1n) is 5.76. The van der Waals surface area contributed by atoms with Crippen molar-refractivity contribution in [3.63, 3.8) is 0 Å². The monoisotopic (exact) mass is 258 g/mol. The molecule has 1 atom stereocenters. The van der Waals surface area contributed by atoms with Gasteiger partial charge in [0.1, 0.15) is 0 Å². The van der Waals surface area contributed by atoms with Crippen LogP contribution in [0.1, 0.15) is 15.9 Å². The maximum Gasteiger partial charge on any atom is 0.337 e. The first kappa shape index (κ1) is 12.8. The van der Waals surface area contributed by atoms with Gasteiger partial charge in [-0.1, -0.05) is 51.0 Å². The maximum absolute atomic E-state index is 11.3. The van der Waals surface area contributed by atoms with E-state index in [1.54, 1.807) is 0 Å².